The number of methoxy groups -OCH3 is 1. The molecule has 0 N–H and O–H groups in total. The molecule has 0 spiro atoms. The van der Waals surface area contributed by atoms with Gasteiger partial charge in [0.15, 0.2) is 0 Å². The van der Waals surface area contributed by atoms with Gasteiger partial charge in [0.1, 0.15) is 12.4 Å². The van der Waals surface area contributed by atoms with Crippen LogP contribution in [0.25, 0.3) is 0 Å². The highest BCUT2D eigenvalue weighted by molar-refractivity contribution is 5.72. The second-order valence-corrected chi connectivity index (χ2v) is 4.88. The number of ether oxygens (including phenoxy) is 3. The van der Waals surface area contributed by atoms with Gasteiger partial charge in [0, 0.05) is 12.5 Å². The fourth-order valence-electron chi connectivity index (χ4n) is 2.31. The Hall–Kier alpha value is -1.55. The van der Waals surface area contributed by atoms with E-state index < -0.39 is 0 Å². The molecular formula is C15H20O4. The highest BCUT2D eigenvalue weighted by Gasteiger charge is 2.32. The Morgan fingerprint density at radius 1 is 1.53 bits per heavy atom. The number of carbonyl (C=O) groups is 1. The topological polar surface area (TPSA) is 44.8 Å². The lowest BCUT2D eigenvalue weighted by molar-refractivity contribution is -0.148. The van der Waals surface area contributed by atoms with Crippen molar-refractivity contribution in [2.45, 2.75) is 13.3 Å². The fraction of sp³-hybridized carbons (Fsp3) is 0.533. The Kier molecular flexibility index (Phi) is 4.80. The van der Waals surface area contributed by atoms with Crippen LogP contribution in [0.5, 0.6) is 5.75 Å². The zero-order valence-electron chi connectivity index (χ0n) is 11.4. The number of benzene rings is 1. The Bertz CT molecular complexity index is 424. The molecule has 0 bridgehead atoms. The van der Waals surface area contributed by atoms with Crippen molar-refractivity contribution in [3.8, 4) is 5.75 Å². The third-order valence-corrected chi connectivity index (χ3v) is 3.46. The average molecular weight is 264 g/mol. The predicted octanol–water partition coefficient (Wildman–Crippen LogP) is 2.20. The van der Waals surface area contributed by atoms with Crippen LogP contribution >= 0.6 is 0 Å². The van der Waals surface area contributed by atoms with Gasteiger partial charge in [-0.25, -0.2) is 0 Å². The summed E-state index contributed by atoms with van der Waals surface area (Å²) >= 11 is 0. The molecule has 1 fully saturated rings. The third-order valence-electron chi connectivity index (χ3n) is 3.46. The van der Waals surface area contributed by atoms with Gasteiger partial charge >= 0.3 is 5.97 Å². The molecule has 1 aromatic carbocycles. The number of aryl methyl sites for hydroxylation is 1. The van der Waals surface area contributed by atoms with E-state index in [1.165, 1.54) is 7.11 Å². The lowest BCUT2D eigenvalue weighted by Crippen LogP contribution is -2.31. The van der Waals surface area contributed by atoms with Crippen molar-refractivity contribution in [3.05, 3.63) is 29.8 Å². The average Bonchev–Trinajstić information content (AvgIpc) is 2.92. The number of carbonyl (C=O) groups excluding carboxylic acids is 1. The summed E-state index contributed by atoms with van der Waals surface area (Å²) < 4.78 is 15.9. The molecule has 0 radical (unpaired) electrons. The van der Waals surface area contributed by atoms with Gasteiger partial charge in [0.25, 0.3) is 0 Å². The first kappa shape index (κ1) is 13.9. The Balaban J connectivity index is 1.97. The largest absolute Gasteiger partial charge is 0.493 e. The smallest absolute Gasteiger partial charge is 0.312 e. The fourth-order valence-corrected chi connectivity index (χ4v) is 2.31. The van der Waals surface area contributed by atoms with E-state index >= 15 is 0 Å². The maximum absolute atomic E-state index is 11.8. The number of esters is 1. The molecule has 0 saturated carbocycles. The standard InChI is InChI=1S/C15H20O4/c1-11-4-3-5-13(8-11)19-10-14(15(16)17-2)12-6-7-18-9-12/h3-5,8,12,14H,6-7,9-10H2,1-2H3. The Morgan fingerprint density at radius 3 is 3.00 bits per heavy atom. The molecule has 1 aliphatic rings. The van der Waals surface area contributed by atoms with E-state index in [0.717, 1.165) is 17.7 Å². The van der Waals surface area contributed by atoms with Gasteiger partial charge in [-0.05, 0) is 31.0 Å². The number of hydrogen-bond acceptors (Lipinski definition) is 4. The van der Waals surface area contributed by atoms with Crippen molar-refractivity contribution < 1.29 is 19.0 Å². The van der Waals surface area contributed by atoms with Gasteiger partial charge in [0.05, 0.1) is 19.6 Å². The second kappa shape index (κ2) is 6.57. The van der Waals surface area contributed by atoms with Crippen LogP contribution in [0.15, 0.2) is 24.3 Å². The van der Waals surface area contributed by atoms with Gasteiger partial charge in [-0.2, -0.15) is 0 Å². The minimum Gasteiger partial charge on any atom is -0.493 e. The van der Waals surface area contributed by atoms with E-state index in [2.05, 4.69) is 0 Å². The van der Waals surface area contributed by atoms with Crippen LogP contribution in [0.1, 0.15) is 12.0 Å². The van der Waals surface area contributed by atoms with Gasteiger partial charge in [0.2, 0.25) is 0 Å². The lowest BCUT2D eigenvalue weighted by Gasteiger charge is -2.20. The van der Waals surface area contributed by atoms with Crippen molar-refractivity contribution in [2.75, 3.05) is 26.9 Å². The minimum atomic E-state index is -0.256. The van der Waals surface area contributed by atoms with Gasteiger partial charge in [-0.15, -0.1) is 0 Å². The molecular weight excluding hydrogens is 244 g/mol. The number of rotatable bonds is 5. The van der Waals surface area contributed by atoms with E-state index in [1.54, 1.807) is 0 Å². The Labute approximate surface area is 113 Å². The van der Waals surface area contributed by atoms with Gasteiger partial charge in [-0.3, -0.25) is 4.79 Å². The third kappa shape index (κ3) is 3.70. The van der Waals surface area contributed by atoms with Crippen LogP contribution in [-0.2, 0) is 14.3 Å². The summed E-state index contributed by atoms with van der Waals surface area (Å²) in [6.07, 6.45) is 0.886. The molecule has 1 aliphatic heterocycles. The summed E-state index contributed by atoms with van der Waals surface area (Å²) in [6.45, 7) is 3.67. The van der Waals surface area contributed by atoms with Crippen LogP contribution < -0.4 is 4.74 Å². The van der Waals surface area contributed by atoms with E-state index in [0.29, 0.717) is 19.8 Å². The predicted molar refractivity (Wildman–Crippen MR) is 71.1 cm³/mol. The molecule has 1 saturated heterocycles. The van der Waals surface area contributed by atoms with Crippen LogP contribution in [0.4, 0.5) is 0 Å². The van der Waals surface area contributed by atoms with Crippen LogP contribution in [0, 0.1) is 18.8 Å². The molecule has 1 aromatic rings. The summed E-state index contributed by atoms with van der Waals surface area (Å²) in [4.78, 5) is 11.8. The van der Waals surface area contributed by atoms with Crippen molar-refractivity contribution >= 4 is 5.97 Å². The summed E-state index contributed by atoms with van der Waals surface area (Å²) in [5, 5.41) is 0. The maximum atomic E-state index is 11.8. The molecule has 4 nitrogen and oxygen atoms in total. The SMILES string of the molecule is COC(=O)C(COc1cccc(C)c1)C1CCOC1. The molecule has 2 atom stereocenters. The van der Waals surface area contributed by atoms with Crippen molar-refractivity contribution in [1.29, 1.82) is 0 Å². The summed E-state index contributed by atoms with van der Waals surface area (Å²) in [5.41, 5.74) is 1.14. The van der Waals surface area contributed by atoms with Gasteiger partial charge in [-0.1, -0.05) is 12.1 Å². The highest BCUT2D eigenvalue weighted by Crippen LogP contribution is 2.24. The molecule has 2 unspecified atom stereocenters. The van der Waals surface area contributed by atoms with Crippen molar-refractivity contribution in [1.82, 2.24) is 0 Å². The quantitative estimate of drug-likeness (QED) is 0.765. The minimum absolute atomic E-state index is 0.192. The molecule has 19 heavy (non-hydrogen) atoms. The summed E-state index contributed by atoms with van der Waals surface area (Å²) in [6, 6.07) is 7.80. The Morgan fingerprint density at radius 2 is 2.37 bits per heavy atom. The second-order valence-electron chi connectivity index (χ2n) is 4.88. The number of hydrogen-bond donors (Lipinski definition) is 0. The van der Waals surface area contributed by atoms with Crippen molar-refractivity contribution in [3.63, 3.8) is 0 Å². The molecule has 0 amide bonds. The highest BCUT2D eigenvalue weighted by atomic mass is 16.5. The van der Waals surface area contributed by atoms with E-state index in [1.807, 2.05) is 31.2 Å². The monoisotopic (exact) mass is 264 g/mol. The first-order valence-corrected chi connectivity index (χ1v) is 6.55. The molecule has 1 heterocycles. The van der Waals surface area contributed by atoms with Crippen LogP contribution in [0.2, 0.25) is 0 Å². The van der Waals surface area contributed by atoms with E-state index in [-0.39, 0.29) is 17.8 Å². The first-order chi connectivity index (χ1) is 9.20. The zero-order chi connectivity index (χ0) is 13.7. The molecule has 2 rings (SSSR count). The van der Waals surface area contributed by atoms with Gasteiger partial charge < -0.3 is 14.2 Å². The molecule has 104 valence electrons. The summed E-state index contributed by atoms with van der Waals surface area (Å²) in [7, 11) is 1.41. The summed E-state index contributed by atoms with van der Waals surface area (Å²) in [5.74, 6) is 0.501. The van der Waals surface area contributed by atoms with Crippen LogP contribution in [-0.4, -0.2) is 32.9 Å². The van der Waals surface area contributed by atoms with Crippen molar-refractivity contribution in [2.24, 2.45) is 11.8 Å². The maximum Gasteiger partial charge on any atom is 0.312 e. The lowest BCUT2D eigenvalue weighted by atomic mass is 9.92. The molecule has 4 heteroatoms. The van der Waals surface area contributed by atoms with E-state index in [4.69, 9.17) is 14.2 Å². The first-order valence-electron chi connectivity index (χ1n) is 6.55. The normalized spacial score (nSPS) is 20.0. The molecule has 0 aliphatic carbocycles. The molecule has 0 aromatic heterocycles. The van der Waals surface area contributed by atoms with Crippen LogP contribution in [0.3, 0.4) is 0 Å². The van der Waals surface area contributed by atoms with E-state index in [9.17, 15) is 4.79 Å². The zero-order valence-corrected chi connectivity index (χ0v) is 11.4.